The number of ether oxygens (including phenoxy) is 1. The van der Waals surface area contributed by atoms with Gasteiger partial charge >= 0.3 is 5.97 Å². The van der Waals surface area contributed by atoms with E-state index in [-0.39, 0.29) is 36.1 Å². The number of rotatable bonds is 9. The van der Waals surface area contributed by atoms with E-state index in [1.807, 2.05) is 0 Å². The smallest absolute Gasteiger partial charge is 0.339 e. The summed E-state index contributed by atoms with van der Waals surface area (Å²) in [6.07, 6.45) is 1.59. The standard InChI is InChI=1S/C20H23ClN2O5S/c1-3-28-20(25)17-12-11-15(14-18(17)21)22-19(24)10-7-13-23(29(2,26)27)16-8-5-4-6-9-16/h4-6,8-9,11-12,14H,3,7,10,13H2,1-2H3,(H,22,24). The van der Waals surface area contributed by atoms with Crippen LogP contribution in [0.3, 0.4) is 0 Å². The van der Waals surface area contributed by atoms with Gasteiger partial charge in [-0.1, -0.05) is 29.8 Å². The Balaban J connectivity index is 1.94. The lowest BCUT2D eigenvalue weighted by atomic mass is 10.2. The molecule has 0 saturated heterocycles. The number of hydrogen-bond acceptors (Lipinski definition) is 5. The first-order chi connectivity index (χ1) is 13.7. The predicted octanol–water partition coefficient (Wildman–Crippen LogP) is 3.70. The highest BCUT2D eigenvalue weighted by atomic mass is 35.5. The molecule has 0 heterocycles. The number of carbonyl (C=O) groups excluding carboxylic acids is 2. The lowest BCUT2D eigenvalue weighted by Gasteiger charge is -2.22. The minimum atomic E-state index is -3.46. The lowest BCUT2D eigenvalue weighted by molar-refractivity contribution is -0.116. The Morgan fingerprint density at radius 1 is 1.14 bits per heavy atom. The summed E-state index contributed by atoms with van der Waals surface area (Å²) < 4.78 is 30.3. The molecule has 1 amide bonds. The fraction of sp³-hybridized carbons (Fsp3) is 0.300. The second-order valence-corrected chi connectivity index (χ2v) is 8.55. The Morgan fingerprint density at radius 2 is 1.83 bits per heavy atom. The number of amides is 1. The molecular weight excluding hydrogens is 416 g/mol. The summed E-state index contributed by atoms with van der Waals surface area (Å²) in [6, 6.07) is 13.2. The summed E-state index contributed by atoms with van der Waals surface area (Å²) in [4.78, 5) is 24.0. The summed E-state index contributed by atoms with van der Waals surface area (Å²) in [5.74, 6) is -0.816. The van der Waals surface area contributed by atoms with E-state index < -0.39 is 16.0 Å². The number of sulfonamides is 1. The second kappa shape index (κ2) is 10.3. The molecule has 0 bridgehead atoms. The molecule has 0 aliphatic heterocycles. The summed E-state index contributed by atoms with van der Waals surface area (Å²) in [7, 11) is -3.46. The molecule has 2 aromatic carbocycles. The maximum atomic E-state index is 12.2. The van der Waals surface area contributed by atoms with Gasteiger partial charge in [-0.25, -0.2) is 13.2 Å². The molecule has 0 atom stereocenters. The van der Waals surface area contributed by atoms with Crippen molar-refractivity contribution in [2.75, 3.05) is 29.0 Å². The first-order valence-electron chi connectivity index (χ1n) is 9.01. The van der Waals surface area contributed by atoms with E-state index in [2.05, 4.69) is 5.32 Å². The Morgan fingerprint density at radius 3 is 2.41 bits per heavy atom. The van der Waals surface area contributed by atoms with Crippen molar-refractivity contribution in [1.29, 1.82) is 0 Å². The number of carbonyl (C=O) groups is 2. The highest BCUT2D eigenvalue weighted by molar-refractivity contribution is 7.92. The first kappa shape index (κ1) is 22.7. The van der Waals surface area contributed by atoms with Gasteiger partial charge < -0.3 is 10.1 Å². The molecule has 0 aliphatic carbocycles. The fourth-order valence-electron chi connectivity index (χ4n) is 2.65. The molecule has 2 rings (SSSR count). The van der Waals surface area contributed by atoms with E-state index in [9.17, 15) is 18.0 Å². The maximum absolute atomic E-state index is 12.2. The lowest BCUT2D eigenvalue weighted by Crippen LogP contribution is -2.31. The second-order valence-electron chi connectivity index (χ2n) is 6.24. The van der Waals surface area contributed by atoms with Gasteiger partial charge in [-0.15, -0.1) is 0 Å². The number of benzene rings is 2. The number of para-hydroxylation sites is 1. The normalized spacial score (nSPS) is 11.0. The van der Waals surface area contributed by atoms with Crippen molar-refractivity contribution >= 4 is 44.9 Å². The largest absolute Gasteiger partial charge is 0.462 e. The number of anilines is 2. The van der Waals surface area contributed by atoms with E-state index in [1.165, 1.54) is 16.4 Å². The molecule has 0 saturated carbocycles. The molecule has 0 spiro atoms. The molecule has 0 fully saturated rings. The molecule has 2 aromatic rings. The average Bonchev–Trinajstić information content (AvgIpc) is 2.65. The highest BCUT2D eigenvalue weighted by Crippen LogP contribution is 2.22. The first-order valence-corrected chi connectivity index (χ1v) is 11.2. The van der Waals surface area contributed by atoms with Crippen molar-refractivity contribution in [3.05, 3.63) is 59.1 Å². The van der Waals surface area contributed by atoms with Crippen molar-refractivity contribution in [2.24, 2.45) is 0 Å². The number of nitrogens with one attached hydrogen (secondary N) is 1. The topological polar surface area (TPSA) is 92.8 Å². The zero-order chi connectivity index (χ0) is 21.4. The quantitative estimate of drug-likeness (QED) is 0.602. The summed E-state index contributed by atoms with van der Waals surface area (Å²) in [5, 5.41) is 2.86. The zero-order valence-electron chi connectivity index (χ0n) is 16.2. The van der Waals surface area contributed by atoms with E-state index in [0.29, 0.717) is 17.8 Å². The van der Waals surface area contributed by atoms with Crippen LogP contribution in [0.25, 0.3) is 0 Å². The van der Waals surface area contributed by atoms with Gasteiger partial charge in [0, 0.05) is 18.7 Å². The summed E-state index contributed by atoms with van der Waals surface area (Å²) in [6.45, 7) is 2.11. The van der Waals surface area contributed by atoms with Crippen molar-refractivity contribution in [3.63, 3.8) is 0 Å². The van der Waals surface area contributed by atoms with Gasteiger partial charge in [0.15, 0.2) is 0 Å². The highest BCUT2D eigenvalue weighted by Gasteiger charge is 2.17. The third-order valence-electron chi connectivity index (χ3n) is 3.96. The third-order valence-corrected chi connectivity index (χ3v) is 5.46. The van der Waals surface area contributed by atoms with Gasteiger partial charge in [0.05, 0.1) is 29.1 Å². The van der Waals surface area contributed by atoms with Gasteiger partial charge in [-0.2, -0.15) is 0 Å². The van der Waals surface area contributed by atoms with Crippen LogP contribution in [-0.4, -0.2) is 39.7 Å². The van der Waals surface area contributed by atoms with Crippen LogP contribution >= 0.6 is 11.6 Å². The molecule has 0 aliphatic rings. The molecule has 29 heavy (non-hydrogen) atoms. The number of halogens is 1. The Labute approximate surface area is 175 Å². The number of esters is 1. The number of nitrogens with zero attached hydrogens (tertiary/aromatic N) is 1. The Bertz CT molecular complexity index is 964. The van der Waals surface area contributed by atoms with Crippen molar-refractivity contribution in [3.8, 4) is 0 Å². The molecule has 0 radical (unpaired) electrons. The minimum Gasteiger partial charge on any atom is -0.462 e. The van der Waals surface area contributed by atoms with Crippen molar-refractivity contribution < 1.29 is 22.7 Å². The van der Waals surface area contributed by atoms with Crippen LogP contribution in [0.15, 0.2) is 48.5 Å². The minimum absolute atomic E-state index is 0.121. The third kappa shape index (κ3) is 6.76. The van der Waals surface area contributed by atoms with Gasteiger partial charge in [0.25, 0.3) is 0 Å². The average molecular weight is 439 g/mol. The molecular formula is C20H23ClN2O5S. The van der Waals surface area contributed by atoms with Crippen LogP contribution in [0.5, 0.6) is 0 Å². The van der Waals surface area contributed by atoms with Crippen LogP contribution in [0.4, 0.5) is 11.4 Å². The molecule has 0 unspecified atom stereocenters. The Kier molecular flexibility index (Phi) is 8.04. The van der Waals surface area contributed by atoms with Crippen LogP contribution in [0, 0.1) is 0 Å². The van der Waals surface area contributed by atoms with E-state index >= 15 is 0 Å². The zero-order valence-corrected chi connectivity index (χ0v) is 17.8. The van der Waals surface area contributed by atoms with Gasteiger partial charge in [-0.3, -0.25) is 9.10 Å². The van der Waals surface area contributed by atoms with Crippen molar-refractivity contribution in [1.82, 2.24) is 0 Å². The molecule has 7 nitrogen and oxygen atoms in total. The van der Waals surface area contributed by atoms with Crippen LogP contribution < -0.4 is 9.62 Å². The fourth-order valence-corrected chi connectivity index (χ4v) is 3.88. The summed E-state index contributed by atoms with van der Waals surface area (Å²) >= 11 is 6.08. The van der Waals surface area contributed by atoms with E-state index in [1.54, 1.807) is 43.3 Å². The van der Waals surface area contributed by atoms with Gasteiger partial charge in [-0.05, 0) is 43.7 Å². The van der Waals surface area contributed by atoms with Gasteiger partial charge in [0.2, 0.25) is 15.9 Å². The molecule has 1 N–H and O–H groups in total. The predicted molar refractivity (Wildman–Crippen MR) is 114 cm³/mol. The van der Waals surface area contributed by atoms with Gasteiger partial charge in [0.1, 0.15) is 0 Å². The SMILES string of the molecule is CCOC(=O)c1ccc(NC(=O)CCCN(c2ccccc2)S(C)(=O)=O)cc1Cl. The molecule has 156 valence electrons. The molecule has 9 heteroatoms. The van der Waals surface area contributed by atoms with Crippen LogP contribution in [0.2, 0.25) is 5.02 Å². The maximum Gasteiger partial charge on any atom is 0.339 e. The van der Waals surface area contributed by atoms with Crippen molar-refractivity contribution in [2.45, 2.75) is 19.8 Å². The van der Waals surface area contributed by atoms with Crippen LogP contribution in [-0.2, 0) is 19.6 Å². The van der Waals surface area contributed by atoms with E-state index in [4.69, 9.17) is 16.3 Å². The monoisotopic (exact) mass is 438 g/mol. The van der Waals surface area contributed by atoms with E-state index in [0.717, 1.165) is 6.26 Å². The van der Waals surface area contributed by atoms with Crippen LogP contribution in [0.1, 0.15) is 30.1 Å². The summed E-state index contributed by atoms with van der Waals surface area (Å²) in [5.41, 5.74) is 1.21. The Hall–Kier alpha value is -2.58. The number of hydrogen-bond donors (Lipinski definition) is 1. The molecule has 0 aromatic heterocycles.